The lowest BCUT2D eigenvalue weighted by molar-refractivity contribution is -0.114. The Morgan fingerprint density at radius 2 is 2.06 bits per heavy atom. The standard InChI is InChI=1S/C10H11N3O3/c11-9(12)13(7-14)10(15)16-6-8-4-2-1-3-5-8/h1-5,7H,6H2,(H3,11,12). The number of nitrogens with one attached hydrogen (secondary N) is 1. The lowest BCUT2D eigenvalue weighted by Gasteiger charge is -2.12. The second kappa shape index (κ2) is 5.50. The summed E-state index contributed by atoms with van der Waals surface area (Å²) in [7, 11) is 0. The monoisotopic (exact) mass is 221 g/mol. The SMILES string of the molecule is N=C(N)N(C=O)C(=O)OCc1ccccc1. The minimum absolute atomic E-state index is 0.0251. The molecule has 0 bridgehead atoms. The molecule has 0 fully saturated rings. The van der Waals surface area contributed by atoms with E-state index in [0.29, 0.717) is 4.90 Å². The summed E-state index contributed by atoms with van der Waals surface area (Å²) in [5.74, 6) is -0.673. The number of guanidine groups is 1. The smallest absolute Gasteiger partial charge is 0.423 e. The molecule has 16 heavy (non-hydrogen) atoms. The highest BCUT2D eigenvalue weighted by atomic mass is 16.6. The topological polar surface area (TPSA) is 96.5 Å². The van der Waals surface area contributed by atoms with Gasteiger partial charge in [-0.2, -0.15) is 4.90 Å². The molecule has 6 heteroatoms. The van der Waals surface area contributed by atoms with Gasteiger partial charge in [-0.15, -0.1) is 0 Å². The Morgan fingerprint density at radius 3 is 2.56 bits per heavy atom. The molecular formula is C10H11N3O3. The van der Waals surface area contributed by atoms with Crippen LogP contribution in [0.5, 0.6) is 0 Å². The minimum atomic E-state index is -0.966. The molecule has 1 aromatic carbocycles. The lowest BCUT2D eigenvalue weighted by atomic mass is 10.2. The number of rotatable bonds is 3. The lowest BCUT2D eigenvalue weighted by Crippen LogP contribution is -2.40. The summed E-state index contributed by atoms with van der Waals surface area (Å²) in [4.78, 5) is 22.0. The fourth-order valence-corrected chi connectivity index (χ4v) is 0.987. The molecule has 1 rings (SSSR count). The van der Waals surface area contributed by atoms with Crippen molar-refractivity contribution in [2.24, 2.45) is 5.73 Å². The van der Waals surface area contributed by atoms with Crippen LogP contribution in [0.25, 0.3) is 0 Å². The van der Waals surface area contributed by atoms with Crippen molar-refractivity contribution >= 4 is 18.5 Å². The van der Waals surface area contributed by atoms with E-state index in [1.807, 2.05) is 6.07 Å². The number of imide groups is 1. The average Bonchev–Trinajstić information content (AvgIpc) is 2.28. The van der Waals surface area contributed by atoms with E-state index in [1.165, 1.54) is 0 Å². The summed E-state index contributed by atoms with van der Waals surface area (Å²) < 4.78 is 4.78. The number of hydrogen-bond donors (Lipinski definition) is 2. The van der Waals surface area contributed by atoms with Gasteiger partial charge in [-0.3, -0.25) is 10.2 Å². The second-order valence-electron chi connectivity index (χ2n) is 2.90. The zero-order valence-corrected chi connectivity index (χ0v) is 8.42. The molecule has 2 amide bonds. The molecule has 0 saturated carbocycles. The van der Waals surface area contributed by atoms with Crippen molar-refractivity contribution in [3.63, 3.8) is 0 Å². The average molecular weight is 221 g/mol. The van der Waals surface area contributed by atoms with E-state index < -0.39 is 12.1 Å². The summed E-state index contributed by atoms with van der Waals surface area (Å²) in [6.45, 7) is 0.0251. The molecule has 1 aromatic rings. The van der Waals surface area contributed by atoms with E-state index in [0.717, 1.165) is 5.56 Å². The first-order valence-electron chi connectivity index (χ1n) is 4.44. The Bertz CT molecular complexity index is 392. The van der Waals surface area contributed by atoms with Crippen molar-refractivity contribution < 1.29 is 14.3 Å². The molecule has 0 atom stereocenters. The van der Waals surface area contributed by atoms with Crippen molar-refractivity contribution in [2.45, 2.75) is 6.61 Å². The number of hydrogen-bond acceptors (Lipinski definition) is 4. The van der Waals surface area contributed by atoms with Crippen LogP contribution in [-0.4, -0.2) is 23.4 Å². The van der Waals surface area contributed by atoms with Crippen LogP contribution in [-0.2, 0) is 16.1 Å². The van der Waals surface area contributed by atoms with Gasteiger partial charge in [0.1, 0.15) is 6.61 Å². The predicted octanol–water partition coefficient (Wildman–Crippen LogP) is 0.675. The van der Waals surface area contributed by atoms with Crippen LogP contribution >= 0.6 is 0 Å². The largest absolute Gasteiger partial charge is 0.444 e. The van der Waals surface area contributed by atoms with Crippen LogP contribution in [0.2, 0.25) is 0 Å². The maximum absolute atomic E-state index is 11.2. The Labute approximate surface area is 92.1 Å². The summed E-state index contributed by atoms with van der Waals surface area (Å²) in [6, 6.07) is 8.97. The van der Waals surface area contributed by atoms with Crippen LogP contribution in [0, 0.1) is 5.41 Å². The normalized spacial score (nSPS) is 9.25. The molecule has 0 spiro atoms. The molecule has 3 N–H and O–H groups in total. The van der Waals surface area contributed by atoms with Gasteiger partial charge in [-0.25, -0.2) is 4.79 Å². The highest BCUT2D eigenvalue weighted by Crippen LogP contribution is 2.02. The van der Waals surface area contributed by atoms with E-state index in [4.69, 9.17) is 15.9 Å². The maximum Gasteiger partial charge on any atom is 0.423 e. The van der Waals surface area contributed by atoms with Crippen LogP contribution in [0.15, 0.2) is 30.3 Å². The van der Waals surface area contributed by atoms with Gasteiger partial charge in [0.2, 0.25) is 12.4 Å². The fraction of sp³-hybridized carbons (Fsp3) is 0.100. The zero-order chi connectivity index (χ0) is 12.0. The molecular weight excluding hydrogens is 210 g/mol. The third kappa shape index (κ3) is 3.09. The fourth-order valence-electron chi connectivity index (χ4n) is 0.987. The van der Waals surface area contributed by atoms with Crippen LogP contribution in [0.3, 0.4) is 0 Å². The first-order chi connectivity index (χ1) is 7.65. The van der Waals surface area contributed by atoms with E-state index in [9.17, 15) is 9.59 Å². The van der Waals surface area contributed by atoms with Crippen LogP contribution in [0.4, 0.5) is 4.79 Å². The molecule has 84 valence electrons. The van der Waals surface area contributed by atoms with Gasteiger partial charge in [-0.05, 0) is 5.56 Å². The van der Waals surface area contributed by atoms with E-state index in [2.05, 4.69) is 0 Å². The summed E-state index contributed by atoms with van der Waals surface area (Å²) in [5, 5.41) is 6.94. The molecule has 0 saturated heterocycles. The van der Waals surface area contributed by atoms with Crippen molar-refractivity contribution in [3.05, 3.63) is 35.9 Å². The van der Waals surface area contributed by atoms with Gasteiger partial charge >= 0.3 is 6.09 Å². The van der Waals surface area contributed by atoms with Crippen molar-refractivity contribution in [1.29, 1.82) is 5.41 Å². The number of ether oxygens (including phenoxy) is 1. The third-order valence-electron chi connectivity index (χ3n) is 1.77. The number of benzene rings is 1. The van der Waals surface area contributed by atoms with Gasteiger partial charge in [-0.1, -0.05) is 30.3 Å². The van der Waals surface area contributed by atoms with E-state index in [-0.39, 0.29) is 13.0 Å². The predicted molar refractivity (Wildman–Crippen MR) is 56.4 cm³/mol. The van der Waals surface area contributed by atoms with E-state index >= 15 is 0 Å². The number of carbonyl (C=O) groups is 2. The maximum atomic E-state index is 11.2. The Hall–Kier alpha value is -2.37. The number of amides is 2. The van der Waals surface area contributed by atoms with Gasteiger partial charge < -0.3 is 10.5 Å². The molecule has 0 unspecified atom stereocenters. The van der Waals surface area contributed by atoms with Crippen molar-refractivity contribution in [1.82, 2.24) is 4.90 Å². The first kappa shape index (κ1) is 11.7. The van der Waals surface area contributed by atoms with Crippen LogP contribution < -0.4 is 5.73 Å². The zero-order valence-electron chi connectivity index (χ0n) is 8.42. The molecule has 0 aliphatic carbocycles. The molecule has 6 nitrogen and oxygen atoms in total. The number of carbonyl (C=O) groups excluding carboxylic acids is 2. The summed E-state index contributed by atoms with van der Waals surface area (Å²) in [5.41, 5.74) is 5.78. The van der Waals surface area contributed by atoms with E-state index in [1.54, 1.807) is 24.3 Å². The Balaban J connectivity index is 2.52. The molecule has 0 aliphatic heterocycles. The van der Waals surface area contributed by atoms with Gasteiger partial charge in [0, 0.05) is 0 Å². The third-order valence-corrected chi connectivity index (χ3v) is 1.77. The highest BCUT2D eigenvalue weighted by molar-refractivity contribution is 6.01. The molecule has 0 radical (unpaired) electrons. The van der Waals surface area contributed by atoms with Crippen molar-refractivity contribution in [2.75, 3.05) is 0 Å². The second-order valence-corrected chi connectivity index (χ2v) is 2.90. The highest BCUT2D eigenvalue weighted by Gasteiger charge is 2.16. The van der Waals surface area contributed by atoms with Crippen molar-refractivity contribution in [3.8, 4) is 0 Å². The van der Waals surface area contributed by atoms with Gasteiger partial charge in [0.25, 0.3) is 0 Å². The quantitative estimate of drug-likeness (QED) is 0.445. The molecule has 0 aromatic heterocycles. The Morgan fingerprint density at radius 1 is 1.44 bits per heavy atom. The first-order valence-corrected chi connectivity index (χ1v) is 4.44. The molecule has 0 heterocycles. The number of nitrogens with two attached hydrogens (primary N) is 1. The minimum Gasteiger partial charge on any atom is -0.444 e. The summed E-state index contributed by atoms with van der Waals surface area (Å²) >= 11 is 0. The van der Waals surface area contributed by atoms with Gasteiger partial charge in [0.15, 0.2) is 0 Å². The van der Waals surface area contributed by atoms with Crippen LogP contribution in [0.1, 0.15) is 5.56 Å². The molecule has 0 aliphatic rings. The Kier molecular flexibility index (Phi) is 4.02. The summed E-state index contributed by atoms with van der Waals surface area (Å²) in [6.07, 6.45) is -0.832. The number of nitrogens with zero attached hydrogens (tertiary/aromatic N) is 1. The van der Waals surface area contributed by atoms with Gasteiger partial charge in [0.05, 0.1) is 0 Å².